The molecule has 6 nitrogen and oxygen atoms in total. The summed E-state index contributed by atoms with van der Waals surface area (Å²) in [5.74, 6) is 0.229. The average molecular weight is 341 g/mol. The van der Waals surface area contributed by atoms with Gasteiger partial charge in [0.25, 0.3) is 0 Å². The van der Waals surface area contributed by atoms with Gasteiger partial charge in [0.2, 0.25) is 10.0 Å². The van der Waals surface area contributed by atoms with Gasteiger partial charge in [-0.05, 0) is 30.9 Å². The molecule has 2 heterocycles. The Morgan fingerprint density at radius 2 is 2.14 bits per heavy atom. The van der Waals surface area contributed by atoms with Gasteiger partial charge in [-0.3, -0.25) is 4.68 Å². The zero-order valence-corrected chi connectivity index (χ0v) is 13.5. The Kier molecular flexibility index (Phi) is 4.46. The molecule has 1 aromatic heterocycles. The predicted octanol–water partition coefficient (Wildman–Crippen LogP) is 2.03. The largest absolute Gasteiger partial charge is 0.253 e. The lowest BCUT2D eigenvalue weighted by atomic mass is 10.00. The molecular weight excluding hydrogens is 324 g/mol. The molecule has 1 aliphatic heterocycles. The van der Waals surface area contributed by atoms with Crippen molar-refractivity contribution in [1.29, 1.82) is 0 Å². The SMILES string of the molecule is O=S(=O)(c1ccccc1Cl)N1CCC[C@@H](Cn2cncn2)C1. The van der Waals surface area contributed by atoms with Gasteiger partial charge >= 0.3 is 0 Å². The molecule has 0 N–H and O–H groups in total. The molecule has 1 aliphatic rings. The monoisotopic (exact) mass is 340 g/mol. The van der Waals surface area contributed by atoms with E-state index in [1.54, 1.807) is 35.3 Å². The van der Waals surface area contributed by atoms with Crippen LogP contribution in [0.25, 0.3) is 0 Å². The maximum atomic E-state index is 12.8. The van der Waals surface area contributed by atoms with Crippen LogP contribution in [0.1, 0.15) is 12.8 Å². The third-order valence-electron chi connectivity index (χ3n) is 3.85. The second kappa shape index (κ2) is 6.36. The quantitative estimate of drug-likeness (QED) is 0.854. The Morgan fingerprint density at radius 3 is 2.86 bits per heavy atom. The third-order valence-corrected chi connectivity index (χ3v) is 6.21. The van der Waals surface area contributed by atoms with Crippen molar-refractivity contribution in [3.05, 3.63) is 41.9 Å². The van der Waals surface area contributed by atoms with E-state index in [0.717, 1.165) is 12.8 Å². The van der Waals surface area contributed by atoms with E-state index >= 15 is 0 Å². The van der Waals surface area contributed by atoms with Crippen molar-refractivity contribution < 1.29 is 8.42 Å². The van der Waals surface area contributed by atoms with E-state index < -0.39 is 10.0 Å². The highest BCUT2D eigenvalue weighted by Crippen LogP contribution is 2.28. The van der Waals surface area contributed by atoms with Crippen LogP contribution in [0.2, 0.25) is 5.02 Å². The van der Waals surface area contributed by atoms with Gasteiger partial charge in [-0.1, -0.05) is 23.7 Å². The summed E-state index contributed by atoms with van der Waals surface area (Å²) in [5.41, 5.74) is 0. The fourth-order valence-corrected chi connectivity index (χ4v) is 4.83. The van der Waals surface area contributed by atoms with Gasteiger partial charge in [-0.15, -0.1) is 0 Å². The lowest BCUT2D eigenvalue weighted by Crippen LogP contribution is -2.41. The highest BCUT2D eigenvalue weighted by atomic mass is 35.5. The topological polar surface area (TPSA) is 68.1 Å². The zero-order chi connectivity index (χ0) is 15.6. The Bertz CT molecular complexity index is 733. The summed E-state index contributed by atoms with van der Waals surface area (Å²) < 4.78 is 28.8. The van der Waals surface area contributed by atoms with Crippen LogP contribution in [0.4, 0.5) is 0 Å². The summed E-state index contributed by atoms with van der Waals surface area (Å²) in [6.07, 6.45) is 4.96. The molecule has 2 aromatic rings. The van der Waals surface area contributed by atoms with Crippen molar-refractivity contribution in [2.24, 2.45) is 5.92 Å². The standard InChI is InChI=1S/C14H17ClN4O2S/c15-13-5-1-2-6-14(13)22(20,21)19-7-3-4-12(9-19)8-18-11-16-10-17-18/h1-2,5-6,10-12H,3-4,7-9H2/t12-/m0/s1. The van der Waals surface area contributed by atoms with E-state index in [1.807, 2.05) is 0 Å². The van der Waals surface area contributed by atoms with Crippen LogP contribution in [0.3, 0.4) is 0 Å². The molecular formula is C14H17ClN4O2S. The van der Waals surface area contributed by atoms with Gasteiger partial charge in [-0.25, -0.2) is 13.4 Å². The number of hydrogen-bond acceptors (Lipinski definition) is 4. The van der Waals surface area contributed by atoms with Crippen LogP contribution in [0.15, 0.2) is 41.8 Å². The summed E-state index contributed by atoms with van der Waals surface area (Å²) in [6.45, 7) is 1.68. The molecule has 0 bridgehead atoms. The van der Waals surface area contributed by atoms with Crippen LogP contribution >= 0.6 is 11.6 Å². The predicted molar refractivity (Wildman–Crippen MR) is 83.0 cm³/mol. The second-order valence-corrected chi connectivity index (χ2v) is 7.73. The molecule has 0 spiro atoms. The maximum absolute atomic E-state index is 12.8. The number of sulfonamides is 1. The maximum Gasteiger partial charge on any atom is 0.244 e. The van der Waals surface area contributed by atoms with Gasteiger partial charge in [0, 0.05) is 19.6 Å². The van der Waals surface area contributed by atoms with Crippen LogP contribution in [0, 0.1) is 5.92 Å². The Balaban J connectivity index is 1.78. The lowest BCUT2D eigenvalue weighted by Gasteiger charge is -2.32. The van der Waals surface area contributed by atoms with E-state index in [2.05, 4.69) is 10.1 Å². The molecule has 1 atom stereocenters. The van der Waals surface area contributed by atoms with E-state index in [-0.39, 0.29) is 15.8 Å². The number of rotatable bonds is 4. The number of piperidine rings is 1. The minimum Gasteiger partial charge on any atom is -0.253 e. The number of hydrogen-bond donors (Lipinski definition) is 0. The highest BCUT2D eigenvalue weighted by molar-refractivity contribution is 7.89. The molecule has 118 valence electrons. The van der Waals surface area contributed by atoms with Crippen molar-refractivity contribution in [3.8, 4) is 0 Å². The normalized spacial score (nSPS) is 20.1. The van der Waals surface area contributed by atoms with E-state index in [4.69, 9.17) is 11.6 Å². The molecule has 1 aromatic carbocycles. The minimum absolute atomic E-state index is 0.179. The van der Waals surface area contributed by atoms with Gasteiger partial charge in [0.05, 0.1) is 5.02 Å². The van der Waals surface area contributed by atoms with Gasteiger partial charge in [0.1, 0.15) is 17.6 Å². The Morgan fingerprint density at radius 1 is 1.32 bits per heavy atom. The Labute approximate surface area is 134 Å². The number of aromatic nitrogens is 3. The highest BCUT2D eigenvalue weighted by Gasteiger charge is 2.31. The van der Waals surface area contributed by atoms with E-state index in [0.29, 0.717) is 19.6 Å². The lowest BCUT2D eigenvalue weighted by molar-refractivity contribution is 0.239. The molecule has 3 rings (SSSR count). The van der Waals surface area contributed by atoms with Crippen LogP contribution in [0.5, 0.6) is 0 Å². The third kappa shape index (κ3) is 3.16. The summed E-state index contributed by atoms with van der Waals surface area (Å²) in [4.78, 5) is 4.10. The van der Waals surface area contributed by atoms with Gasteiger partial charge in [-0.2, -0.15) is 9.40 Å². The van der Waals surface area contributed by atoms with Crippen LogP contribution < -0.4 is 0 Å². The van der Waals surface area contributed by atoms with E-state index in [1.165, 1.54) is 10.6 Å². The second-order valence-electron chi connectivity index (χ2n) is 5.42. The van der Waals surface area contributed by atoms with Crippen LogP contribution in [-0.4, -0.2) is 40.6 Å². The first-order valence-corrected chi connectivity index (χ1v) is 8.96. The molecule has 0 radical (unpaired) electrons. The van der Waals surface area contributed by atoms with Crippen molar-refractivity contribution in [2.45, 2.75) is 24.3 Å². The molecule has 1 fully saturated rings. The molecule has 0 unspecified atom stereocenters. The Hall–Kier alpha value is -1.44. The van der Waals surface area contributed by atoms with Gasteiger partial charge in [0.15, 0.2) is 0 Å². The molecule has 0 saturated carbocycles. The molecule has 22 heavy (non-hydrogen) atoms. The minimum atomic E-state index is -3.55. The summed E-state index contributed by atoms with van der Waals surface area (Å²) in [6, 6.07) is 6.57. The molecule has 8 heteroatoms. The first-order chi connectivity index (χ1) is 10.6. The summed E-state index contributed by atoms with van der Waals surface area (Å²) >= 11 is 6.05. The average Bonchev–Trinajstić information content (AvgIpc) is 3.01. The number of halogens is 1. The summed E-state index contributed by atoms with van der Waals surface area (Å²) in [5, 5.41) is 4.35. The van der Waals surface area contributed by atoms with Crippen molar-refractivity contribution in [3.63, 3.8) is 0 Å². The van der Waals surface area contributed by atoms with E-state index in [9.17, 15) is 8.42 Å². The molecule has 0 aliphatic carbocycles. The fourth-order valence-electron chi connectivity index (χ4n) is 2.78. The first kappa shape index (κ1) is 15.5. The smallest absolute Gasteiger partial charge is 0.244 e. The number of nitrogens with zero attached hydrogens (tertiary/aromatic N) is 4. The fraction of sp³-hybridized carbons (Fsp3) is 0.429. The molecule has 0 amide bonds. The summed E-state index contributed by atoms with van der Waals surface area (Å²) in [7, 11) is -3.55. The van der Waals surface area contributed by atoms with Crippen molar-refractivity contribution in [2.75, 3.05) is 13.1 Å². The van der Waals surface area contributed by atoms with Crippen molar-refractivity contribution >= 4 is 21.6 Å². The molecule has 1 saturated heterocycles. The van der Waals surface area contributed by atoms with Crippen molar-refractivity contribution in [1.82, 2.24) is 19.1 Å². The van der Waals surface area contributed by atoms with Crippen LogP contribution in [-0.2, 0) is 16.6 Å². The first-order valence-electron chi connectivity index (χ1n) is 7.14. The zero-order valence-electron chi connectivity index (χ0n) is 12.0. The number of benzene rings is 1. The van der Waals surface area contributed by atoms with Gasteiger partial charge < -0.3 is 0 Å².